The second kappa shape index (κ2) is 7.48. The molecule has 2 N–H and O–H groups in total. The van der Waals surface area contributed by atoms with Crippen LogP contribution in [0.3, 0.4) is 0 Å². The number of benzene rings is 3. The number of Topliss-reactive ketones (excluding diaryl/α,β-unsaturated/α-hetero) is 1. The zero-order chi connectivity index (χ0) is 21.4. The maximum Gasteiger partial charge on any atom is 0.267 e. The van der Waals surface area contributed by atoms with E-state index in [-0.39, 0.29) is 17.9 Å². The standard InChI is InChI=1S/C24H20N2O4/c1-14(27)13-25-23(29)21-22(28)19-12-18(9-10-20(19)26(2)24(21)30)17-8-7-15-5-3-4-6-16(15)11-17/h3-12,28H,13H2,1-2H3,(H,25,29). The molecule has 6 heteroatoms. The van der Waals surface area contributed by atoms with Crippen molar-refractivity contribution in [2.45, 2.75) is 6.92 Å². The molecular weight excluding hydrogens is 380 g/mol. The number of aryl methyl sites for hydroxylation is 1. The Kier molecular flexibility index (Phi) is 4.83. The van der Waals surface area contributed by atoms with Gasteiger partial charge in [-0.2, -0.15) is 0 Å². The summed E-state index contributed by atoms with van der Waals surface area (Å²) in [5.74, 6) is -1.42. The summed E-state index contributed by atoms with van der Waals surface area (Å²) in [5.41, 5.74) is 1.30. The van der Waals surface area contributed by atoms with Gasteiger partial charge in [-0.25, -0.2) is 0 Å². The van der Waals surface area contributed by atoms with Crippen molar-refractivity contribution < 1.29 is 14.7 Å². The Morgan fingerprint density at radius 3 is 2.37 bits per heavy atom. The Morgan fingerprint density at radius 1 is 0.967 bits per heavy atom. The molecule has 0 aliphatic rings. The molecule has 4 rings (SSSR count). The molecule has 0 aliphatic heterocycles. The first-order chi connectivity index (χ1) is 14.4. The van der Waals surface area contributed by atoms with Crippen LogP contribution in [0, 0.1) is 0 Å². The summed E-state index contributed by atoms with van der Waals surface area (Å²) in [5, 5.41) is 15.7. The average Bonchev–Trinajstić information content (AvgIpc) is 2.75. The van der Waals surface area contributed by atoms with Crippen molar-refractivity contribution in [2.75, 3.05) is 6.54 Å². The Morgan fingerprint density at radius 2 is 1.63 bits per heavy atom. The molecule has 0 spiro atoms. The van der Waals surface area contributed by atoms with Crippen molar-refractivity contribution in [1.82, 2.24) is 9.88 Å². The van der Waals surface area contributed by atoms with E-state index in [1.807, 2.05) is 42.5 Å². The molecule has 6 nitrogen and oxygen atoms in total. The van der Waals surface area contributed by atoms with Crippen LogP contribution in [0.5, 0.6) is 5.75 Å². The minimum atomic E-state index is -0.777. The summed E-state index contributed by atoms with van der Waals surface area (Å²) in [6.45, 7) is 1.12. The minimum absolute atomic E-state index is 0.212. The highest BCUT2D eigenvalue weighted by molar-refractivity contribution is 6.04. The van der Waals surface area contributed by atoms with Crippen molar-refractivity contribution in [1.29, 1.82) is 0 Å². The number of aromatic nitrogens is 1. The Hall–Kier alpha value is -3.93. The second-order valence-corrected chi connectivity index (χ2v) is 7.27. The van der Waals surface area contributed by atoms with Gasteiger partial charge >= 0.3 is 0 Å². The molecule has 0 radical (unpaired) electrons. The van der Waals surface area contributed by atoms with Crippen LogP contribution in [-0.4, -0.2) is 27.9 Å². The van der Waals surface area contributed by atoms with Crippen LogP contribution in [0.4, 0.5) is 0 Å². The highest BCUT2D eigenvalue weighted by atomic mass is 16.3. The first-order valence-corrected chi connectivity index (χ1v) is 9.49. The van der Waals surface area contributed by atoms with Gasteiger partial charge in [0, 0.05) is 12.4 Å². The summed E-state index contributed by atoms with van der Waals surface area (Å²) in [6.07, 6.45) is 0. The highest BCUT2D eigenvalue weighted by Gasteiger charge is 2.21. The van der Waals surface area contributed by atoms with E-state index < -0.39 is 17.2 Å². The van der Waals surface area contributed by atoms with Crippen molar-refractivity contribution in [3.63, 3.8) is 0 Å². The Labute approximate surface area is 172 Å². The quantitative estimate of drug-likeness (QED) is 0.550. The van der Waals surface area contributed by atoms with Crippen molar-refractivity contribution in [3.8, 4) is 16.9 Å². The molecule has 4 aromatic rings. The normalized spacial score (nSPS) is 11.0. The molecule has 0 aliphatic carbocycles. The van der Waals surface area contributed by atoms with Crippen LogP contribution < -0.4 is 10.9 Å². The zero-order valence-electron chi connectivity index (χ0n) is 16.6. The Balaban J connectivity index is 1.87. The van der Waals surface area contributed by atoms with Crippen LogP contribution in [0.25, 0.3) is 32.8 Å². The first-order valence-electron chi connectivity index (χ1n) is 9.49. The van der Waals surface area contributed by atoms with E-state index in [2.05, 4.69) is 11.4 Å². The largest absolute Gasteiger partial charge is 0.506 e. The molecule has 150 valence electrons. The van der Waals surface area contributed by atoms with E-state index in [1.165, 1.54) is 11.5 Å². The van der Waals surface area contributed by atoms with E-state index in [4.69, 9.17) is 0 Å². The smallest absolute Gasteiger partial charge is 0.267 e. The fourth-order valence-corrected chi connectivity index (χ4v) is 3.58. The molecule has 1 aromatic heterocycles. The summed E-state index contributed by atoms with van der Waals surface area (Å²) in [7, 11) is 1.54. The van der Waals surface area contributed by atoms with E-state index in [9.17, 15) is 19.5 Å². The van der Waals surface area contributed by atoms with E-state index >= 15 is 0 Å². The lowest BCUT2D eigenvalue weighted by molar-refractivity contribution is -0.116. The molecule has 30 heavy (non-hydrogen) atoms. The number of hydrogen-bond acceptors (Lipinski definition) is 4. The highest BCUT2D eigenvalue weighted by Crippen LogP contribution is 2.32. The maximum absolute atomic E-state index is 12.6. The monoisotopic (exact) mass is 400 g/mol. The number of hydrogen-bond donors (Lipinski definition) is 2. The number of fused-ring (bicyclic) bond motifs is 2. The van der Waals surface area contributed by atoms with E-state index in [0.717, 1.165) is 21.9 Å². The number of nitrogens with zero attached hydrogens (tertiary/aromatic N) is 1. The third-order valence-electron chi connectivity index (χ3n) is 5.18. The van der Waals surface area contributed by atoms with E-state index in [0.29, 0.717) is 10.9 Å². The molecule has 0 atom stereocenters. The number of carbonyl (C=O) groups excluding carboxylic acids is 2. The third kappa shape index (κ3) is 3.33. The number of nitrogens with one attached hydrogen (secondary N) is 1. The summed E-state index contributed by atoms with van der Waals surface area (Å²) >= 11 is 0. The van der Waals surface area contributed by atoms with Gasteiger partial charge in [-0.05, 0) is 47.0 Å². The van der Waals surface area contributed by atoms with Gasteiger partial charge in [0.25, 0.3) is 11.5 Å². The summed E-state index contributed by atoms with van der Waals surface area (Å²) in [6, 6.07) is 19.5. The van der Waals surface area contributed by atoms with Crippen LogP contribution in [-0.2, 0) is 11.8 Å². The number of amides is 1. The van der Waals surface area contributed by atoms with Crippen molar-refractivity contribution >= 4 is 33.4 Å². The molecular formula is C24H20N2O4. The molecule has 0 bridgehead atoms. The van der Waals surface area contributed by atoms with Gasteiger partial charge < -0.3 is 15.0 Å². The van der Waals surface area contributed by atoms with Gasteiger partial charge in [-0.3, -0.25) is 14.4 Å². The molecule has 0 saturated carbocycles. The molecule has 1 amide bonds. The first kappa shape index (κ1) is 19.4. The van der Waals surface area contributed by atoms with E-state index in [1.54, 1.807) is 19.2 Å². The minimum Gasteiger partial charge on any atom is -0.506 e. The van der Waals surface area contributed by atoms with Gasteiger partial charge in [0.2, 0.25) is 0 Å². The van der Waals surface area contributed by atoms with Gasteiger partial charge in [0.05, 0.1) is 12.1 Å². The van der Waals surface area contributed by atoms with Crippen LogP contribution >= 0.6 is 0 Å². The lowest BCUT2D eigenvalue weighted by atomic mass is 9.99. The predicted molar refractivity (Wildman–Crippen MR) is 117 cm³/mol. The third-order valence-corrected chi connectivity index (χ3v) is 5.18. The van der Waals surface area contributed by atoms with Crippen LogP contribution in [0.1, 0.15) is 17.3 Å². The number of rotatable bonds is 4. The number of carbonyl (C=O) groups is 2. The van der Waals surface area contributed by atoms with Crippen molar-refractivity contribution in [3.05, 3.63) is 76.6 Å². The second-order valence-electron chi connectivity index (χ2n) is 7.27. The molecule has 1 heterocycles. The summed E-state index contributed by atoms with van der Waals surface area (Å²) < 4.78 is 1.32. The molecule has 0 saturated heterocycles. The van der Waals surface area contributed by atoms with Crippen molar-refractivity contribution in [2.24, 2.45) is 7.05 Å². The number of pyridine rings is 1. The lowest BCUT2D eigenvalue weighted by Crippen LogP contribution is -2.34. The zero-order valence-corrected chi connectivity index (χ0v) is 16.6. The lowest BCUT2D eigenvalue weighted by Gasteiger charge is -2.13. The Bertz CT molecular complexity index is 1390. The number of aromatic hydroxyl groups is 1. The van der Waals surface area contributed by atoms with Crippen LogP contribution in [0.15, 0.2) is 65.5 Å². The average molecular weight is 400 g/mol. The molecule has 0 fully saturated rings. The SMILES string of the molecule is CC(=O)CNC(=O)c1c(O)c2cc(-c3ccc4ccccc4c3)ccc2n(C)c1=O. The van der Waals surface area contributed by atoms with Gasteiger partial charge in [0.15, 0.2) is 0 Å². The fraction of sp³-hybridized carbons (Fsp3) is 0.125. The predicted octanol–water partition coefficient (Wildman–Crippen LogP) is 3.38. The molecule has 0 unspecified atom stereocenters. The summed E-state index contributed by atoms with van der Waals surface area (Å²) in [4.78, 5) is 36.3. The van der Waals surface area contributed by atoms with Gasteiger partial charge in [-0.15, -0.1) is 0 Å². The fourth-order valence-electron chi connectivity index (χ4n) is 3.58. The topological polar surface area (TPSA) is 88.4 Å². The number of ketones is 1. The molecule has 3 aromatic carbocycles. The van der Waals surface area contributed by atoms with Gasteiger partial charge in [0.1, 0.15) is 17.1 Å². The van der Waals surface area contributed by atoms with Crippen LogP contribution in [0.2, 0.25) is 0 Å². The maximum atomic E-state index is 12.6. The van der Waals surface area contributed by atoms with Gasteiger partial charge in [-0.1, -0.05) is 42.5 Å².